The molecule has 0 spiro atoms. The molecular weight excluding hydrogens is 206 g/mol. The Balaban J connectivity index is 2.42. The van der Waals surface area contributed by atoms with Crippen LogP contribution in [0.25, 0.3) is 0 Å². The van der Waals surface area contributed by atoms with Gasteiger partial charge in [-0.2, -0.15) is 0 Å². The van der Waals surface area contributed by atoms with Gasteiger partial charge in [0.05, 0.1) is 11.0 Å². The molecule has 0 bridgehead atoms. The van der Waals surface area contributed by atoms with Crippen molar-refractivity contribution in [2.45, 2.75) is 26.7 Å². The first-order chi connectivity index (χ1) is 7.59. The fourth-order valence-corrected chi connectivity index (χ4v) is 1.36. The molecule has 0 saturated heterocycles. The summed E-state index contributed by atoms with van der Waals surface area (Å²) in [4.78, 5) is 14.1. The highest BCUT2D eigenvalue weighted by Gasteiger charge is 2.05. The minimum atomic E-state index is -0.416. The molecule has 1 rings (SSSR count). The maximum absolute atomic E-state index is 10.5. The van der Waals surface area contributed by atoms with Crippen molar-refractivity contribution >= 4 is 11.5 Å². The molecule has 0 aliphatic rings. The zero-order valence-electron chi connectivity index (χ0n) is 9.64. The van der Waals surface area contributed by atoms with Gasteiger partial charge in [0, 0.05) is 18.8 Å². The third kappa shape index (κ3) is 4.25. The van der Waals surface area contributed by atoms with E-state index < -0.39 is 4.92 Å². The van der Waals surface area contributed by atoms with E-state index in [1.807, 2.05) is 0 Å². The zero-order chi connectivity index (χ0) is 12.0. The maximum atomic E-state index is 10.5. The van der Waals surface area contributed by atoms with E-state index >= 15 is 0 Å². The third-order valence-corrected chi connectivity index (χ3v) is 2.22. The molecule has 0 atom stereocenters. The number of pyridine rings is 1. The third-order valence-electron chi connectivity index (χ3n) is 2.22. The molecular formula is C11H17N3O2. The minimum Gasteiger partial charge on any atom is -0.370 e. The highest BCUT2D eigenvalue weighted by molar-refractivity contribution is 5.43. The molecule has 0 aromatic carbocycles. The van der Waals surface area contributed by atoms with Gasteiger partial charge in [0.15, 0.2) is 0 Å². The summed E-state index contributed by atoms with van der Waals surface area (Å²) in [5.74, 6) is 1.25. The highest BCUT2D eigenvalue weighted by Crippen LogP contribution is 2.14. The number of nitrogens with zero attached hydrogens (tertiary/aromatic N) is 2. The first-order valence-electron chi connectivity index (χ1n) is 5.44. The molecule has 1 aromatic rings. The van der Waals surface area contributed by atoms with Gasteiger partial charge in [-0.15, -0.1) is 0 Å². The van der Waals surface area contributed by atoms with Crippen molar-refractivity contribution in [1.29, 1.82) is 0 Å². The quantitative estimate of drug-likeness (QED) is 0.457. The summed E-state index contributed by atoms with van der Waals surface area (Å²) >= 11 is 0. The topological polar surface area (TPSA) is 68.1 Å². The van der Waals surface area contributed by atoms with Gasteiger partial charge in [-0.1, -0.05) is 13.8 Å². The number of nitro groups is 1. The molecule has 1 heterocycles. The van der Waals surface area contributed by atoms with Crippen LogP contribution >= 0.6 is 0 Å². The Morgan fingerprint density at radius 3 is 2.94 bits per heavy atom. The summed E-state index contributed by atoms with van der Waals surface area (Å²) in [5, 5.41) is 13.6. The van der Waals surface area contributed by atoms with Crippen LogP contribution in [0.5, 0.6) is 0 Å². The smallest absolute Gasteiger partial charge is 0.274 e. The Labute approximate surface area is 95.0 Å². The molecule has 16 heavy (non-hydrogen) atoms. The van der Waals surface area contributed by atoms with E-state index in [1.165, 1.54) is 18.3 Å². The van der Waals surface area contributed by atoms with E-state index in [0.717, 1.165) is 19.4 Å². The Hall–Kier alpha value is -1.65. The van der Waals surface area contributed by atoms with Crippen LogP contribution < -0.4 is 5.32 Å². The average molecular weight is 223 g/mol. The van der Waals surface area contributed by atoms with Crippen LogP contribution in [0.15, 0.2) is 18.3 Å². The molecule has 0 aliphatic carbocycles. The van der Waals surface area contributed by atoms with Gasteiger partial charge in [0.2, 0.25) is 0 Å². The fraction of sp³-hybridized carbons (Fsp3) is 0.545. The molecule has 0 radical (unpaired) electrons. The van der Waals surface area contributed by atoms with Crippen LogP contribution in [-0.4, -0.2) is 16.5 Å². The highest BCUT2D eigenvalue weighted by atomic mass is 16.6. The largest absolute Gasteiger partial charge is 0.370 e. The predicted molar refractivity (Wildman–Crippen MR) is 63.5 cm³/mol. The van der Waals surface area contributed by atoms with E-state index in [-0.39, 0.29) is 5.69 Å². The second kappa shape index (κ2) is 6.05. The van der Waals surface area contributed by atoms with Crippen molar-refractivity contribution in [3.05, 3.63) is 28.4 Å². The molecule has 5 heteroatoms. The number of anilines is 1. The summed E-state index contributed by atoms with van der Waals surface area (Å²) in [6.07, 6.45) is 3.63. The van der Waals surface area contributed by atoms with Crippen molar-refractivity contribution in [2.24, 2.45) is 5.92 Å². The minimum absolute atomic E-state index is 0.0707. The molecule has 5 nitrogen and oxygen atoms in total. The van der Waals surface area contributed by atoms with Crippen molar-refractivity contribution in [1.82, 2.24) is 4.98 Å². The first-order valence-corrected chi connectivity index (χ1v) is 5.44. The second-order valence-corrected chi connectivity index (χ2v) is 4.12. The van der Waals surface area contributed by atoms with Crippen LogP contribution in [-0.2, 0) is 0 Å². The van der Waals surface area contributed by atoms with Crippen LogP contribution in [0.1, 0.15) is 26.7 Å². The van der Waals surface area contributed by atoms with Gasteiger partial charge in [-0.3, -0.25) is 10.1 Å². The van der Waals surface area contributed by atoms with Gasteiger partial charge in [-0.05, 0) is 18.8 Å². The van der Waals surface area contributed by atoms with Crippen molar-refractivity contribution in [3.8, 4) is 0 Å². The number of nitrogens with one attached hydrogen (secondary N) is 1. The molecule has 0 saturated carbocycles. The van der Waals surface area contributed by atoms with Crippen LogP contribution in [0.2, 0.25) is 0 Å². The Bertz CT molecular complexity index is 353. The van der Waals surface area contributed by atoms with Crippen molar-refractivity contribution < 1.29 is 4.92 Å². The number of hydrogen-bond acceptors (Lipinski definition) is 4. The van der Waals surface area contributed by atoms with Crippen LogP contribution in [0, 0.1) is 16.0 Å². The summed E-state index contributed by atoms with van der Waals surface area (Å²) in [6.45, 7) is 5.14. The normalized spacial score (nSPS) is 10.4. The zero-order valence-corrected chi connectivity index (χ0v) is 9.64. The predicted octanol–water partition coefficient (Wildman–Crippen LogP) is 2.84. The molecule has 0 unspecified atom stereocenters. The monoisotopic (exact) mass is 223 g/mol. The number of hydrogen-bond donors (Lipinski definition) is 1. The average Bonchev–Trinajstić information content (AvgIpc) is 2.24. The van der Waals surface area contributed by atoms with Gasteiger partial charge in [-0.25, -0.2) is 4.98 Å². The number of aromatic nitrogens is 1. The van der Waals surface area contributed by atoms with E-state index in [4.69, 9.17) is 0 Å². The maximum Gasteiger partial charge on any atom is 0.274 e. The Morgan fingerprint density at radius 1 is 1.56 bits per heavy atom. The molecule has 88 valence electrons. The lowest BCUT2D eigenvalue weighted by molar-refractivity contribution is -0.384. The first kappa shape index (κ1) is 12.4. The van der Waals surface area contributed by atoms with E-state index in [9.17, 15) is 10.1 Å². The molecule has 0 aliphatic heterocycles. The fourth-order valence-electron chi connectivity index (χ4n) is 1.36. The molecule has 0 fully saturated rings. The van der Waals surface area contributed by atoms with Gasteiger partial charge in [0.25, 0.3) is 5.69 Å². The molecule has 1 N–H and O–H groups in total. The molecule has 1 aromatic heterocycles. The van der Waals surface area contributed by atoms with Gasteiger partial charge < -0.3 is 5.32 Å². The summed E-state index contributed by atoms with van der Waals surface area (Å²) in [7, 11) is 0. The van der Waals surface area contributed by atoms with Gasteiger partial charge >= 0.3 is 0 Å². The summed E-state index contributed by atoms with van der Waals surface area (Å²) in [5.41, 5.74) is 0.0707. The Morgan fingerprint density at radius 2 is 2.31 bits per heavy atom. The lowest BCUT2D eigenvalue weighted by atomic mass is 10.1. The van der Waals surface area contributed by atoms with E-state index in [0.29, 0.717) is 11.7 Å². The summed E-state index contributed by atoms with van der Waals surface area (Å²) in [6, 6.07) is 2.84. The molecule has 0 amide bonds. The van der Waals surface area contributed by atoms with E-state index in [1.54, 1.807) is 0 Å². The number of rotatable bonds is 6. The lowest BCUT2D eigenvalue weighted by Gasteiger charge is -2.06. The SMILES string of the molecule is CC(C)CCCNc1cc([N+](=O)[O-])ccn1. The lowest BCUT2D eigenvalue weighted by Crippen LogP contribution is -2.04. The standard InChI is InChI=1S/C11H17N3O2/c1-9(2)4-3-6-12-11-8-10(14(15)16)5-7-13-11/h5,7-9H,3-4,6H2,1-2H3,(H,12,13). The van der Waals surface area contributed by atoms with E-state index in [2.05, 4.69) is 24.1 Å². The summed E-state index contributed by atoms with van der Waals surface area (Å²) < 4.78 is 0. The van der Waals surface area contributed by atoms with Crippen LogP contribution in [0.3, 0.4) is 0 Å². The second-order valence-electron chi connectivity index (χ2n) is 4.12. The van der Waals surface area contributed by atoms with Gasteiger partial charge in [0.1, 0.15) is 5.82 Å². The Kier molecular flexibility index (Phi) is 4.69. The van der Waals surface area contributed by atoms with Crippen LogP contribution in [0.4, 0.5) is 11.5 Å². The van der Waals surface area contributed by atoms with Crippen molar-refractivity contribution in [2.75, 3.05) is 11.9 Å². The van der Waals surface area contributed by atoms with Crippen molar-refractivity contribution in [3.63, 3.8) is 0 Å².